The van der Waals surface area contributed by atoms with E-state index in [0.717, 1.165) is 44.9 Å². The summed E-state index contributed by atoms with van der Waals surface area (Å²) in [6, 6.07) is 20.2. The molecule has 1 aliphatic heterocycles. The van der Waals surface area contributed by atoms with Crippen molar-refractivity contribution in [3.8, 4) is 17.0 Å². The fourth-order valence-corrected chi connectivity index (χ4v) is 4.20. The van der Waals surface area contributed by atoms with Crippen molar-refractivity contribution in [3.05, 3.63) is 84.3 Å². The van der Waals surface area contributed by atoms with Crippen LogP contribution in [-0.4, -0.2) is 44.6 Å². The number of aromatic nitrogens is 3. The van der Waals surface area contributed by atoms with Crippen LogP contribution in [0.1, 0.15) is 38.4 Å². The highest BCUT2D eigenvalue weighted by molar-refractivity contribution is 5.92. The predicted molar refractivity (Wildman–Crippen MR) is 140 cm³/mol. The van der Waals surface area contributed by atoms with Crippen LogP contribution in [-0.2, 0) is 11.3 Å². The molecule has 36 heavy (non-hydrogen) atoms. The smallest absolute Gasteiger partial charge is 0.410 e. The monoisotopic (exact) mass is 482 g/mol. The molecule has 0 saturated heterocycles. The second-order valence-electron chi connectivity index (χ2n) is 9.87. The van der Waals surface area contributed by atoms with Gasteiger partial charge in [-0.3, -0.25) is 0 Å². The number of H-pyrrole nitrogens is 1. The van der Waals surface area contributed by atoms with Crippen LogP contribution in [0.3, 0.4) is 0 Å². The zero-order valence-electron chi connectivity index (χ0n) is 20.8. The van der Waals surface area contributed by atoms with Gasteiger partial charge in [0.1, 0.15) is 29.9 Å². The average Bonchev–Trinajstić information content (AvgIpc) is 3.32. The van der Waals surface area contributed by atoms with Crippen LogP contribution in [0.25, 0.3) is 27.9 Å². The van der Waals surface area contributed by atoms with E-state index in [2.05, 4.69) is 27.1 Å². The van der Waals surface area contributed by atoms with E-state index in [-0.39, 0.29) is 6.09 Å². The van der Waals surface area contributed by atoms with Crippen molar-refractivity contribution >= 4 is 22.7 Å². The predicted octanol–water partition coefficient (Wildman–Crippen LogP) is 6.23. The minimum atomic E-state index is -0.506. The molecule has 0 radical (unpaired) electrons. The van der Waals surface area contributed by atoms with Crippen molar-refractivity contribution in [3.63, 3.8) is 0 Å². The van der Waals surface area contributed by atoms with E-state index < -0.39 is 5.60 Å². The molecule has 184 valence electrons. The van der Waals surface area contributed by atoms with E-state index in [1.54, 1.807) is 11.2 Å². The lowest BCUT2D eigenvalue weighted by Gasteiger charge is -2.29. The van der Waals surface area contributed by atoms with Gasteiger partial charge in [0, 0.05) is 24.2 Å². The third kappa shape index (κ3) is 5.40. The molecule has 0 aliphatic carbocycles. The van der Waals surface area contributed by atoms with Gasteiger partial charge in [-0.05, 0) is 74.2 Å². The summed E-state index contributed by atoms with van der Waals surface area (Å²) in [5.74, 6) is 0.820. The third-order valence-corrected chi connectivity index (χ3v) is 6.00. The molecule has 3 heterocycles. The fraction of sp³-hybridized carbons (Fsp3) is 0.276. The Labute approximate surface area is 210 Å². The van der Waals surface area contributed by atoms with Crippen LogP contribution in [0, 0.1) is 0 Å². The fourth-order valence-electron chi connectivity index (χ4n) is 4.20. The number of nitrogens with zero attached hydrogens (tertiary/aromatic N) is 3. The van der Waals surface area contributed by atoms with Crippen LogP contribution < -0.4 is 4.74 Å². The Balaban J connectivity index is 1.31. The number of carbonyl (C=O) groups excluding carboxylic acids is 1. The first kappa shape index (κ1) is 23.6. The molecule has 0 unspecified atom stereocenters. The van der Waals surface area contributed by atoms with E-state index in [4.69, 9.17) is 9.47 Å². The Morgan fingerprint density at radius 1 is 1.06 bits per heavy atom. The first-order valence-electron chi connectivity index (χ1n) is 12.1. The van der Waals surface area contributed by atoms with Crippen LogP contribution in [0.15, 0.2) is 73.1 Å². The minimum absolute atomic E-state index is 0.286. The number of rotatable bonds is 5. The Bertz CT molecular complexity index is 1390. The van der Waals surface area contributed by atoms with Gasteiger partial charge in [-0.25, -0.2) is 14.8 Å². The summed E-state index contributed by atoms with van der Waals surface area (Å²) >= 11 is 0. The van der Waals surface area contributed by atoms with Gasteiger partial charge in [0.05, 0.1) is 5.69 Å². The molecule has 4 aromatic rings. The second-order valence-corrected chi connectivity index (χ2v) is 9.87. The Morgan fingerprint density at radius 2 is 1.83 bits per heavy atom. The van der Waals surface area contributed by atoms with Gasteiger partial charge in [0.25, 0.3) is 0 Å². The average molecular weight is 483 g/mol. The highest BCUT2D eigenvalue weighted by Gasteiger charge is 2.25. The number of ether oxygens (including phenoxy) is 2. The van der Waals surface area contributed by atoms with Crippen LogP contribution >= 0.6 is 0 Å². The van der Waals surface area contributed by atoms with Gasteiger partial charge in [0.2, 0.25) is 0 Å². The van der Waals surface area contributed by atoms with Crippen LogP contribution in [0.4, 0.5) is 4.79 Å². The first-order chi connectivity index (χ1) is 17.4. The number of nitrogens with one attached hydrogen (secondary N) is 1. The number of hydrogen-bond acceptors (Lipinski definition) is 5. The normalized spacial score (nSPS) is 14.0. The lowest BCUT2D eigenvalue weighted by molar-refractivity contribution is 0.0270. The van der Waals surface area contributed by atoms with E-state index in [0.29, 0.717) is 26.1 Å². The molecule has 0 atom stereocenters. The molecule has 1 aliphatic rings. The number of fused-ring (bicyclic) bond motifs is 1. The molecule has 2 aromatic heterocycles. The molecule has 7 nitrogen and oxygen atoms in total. The number of aromatic amines is 1. The molecule has 7 heteroatoms. The van der Waals surface area contributed by atoms with Crippen LogP contribution in [0.2, 0.25) is 0 Å². The summed E-state index contributed by atoms with van der Waals surface area (Å²) in [6.07, 6.45) is 4.06. The number of carbonyl (C=O) groups is 1. The molecule has 0 spiro atoms. The maximum Gasteiger partial charge on any atom is 0.410 e. The molecule has 0 saturated carbocycles. The minimum Gasteiger partial charge on any atom is -0.489 e. The summed E-state index contributed by atoms with van der Waals surface area (Å²) < 4.78 is 11.4. The van der Waals surface area contributed by atoms with E-state index >= 15 is 0 Å². The molecular weight excluding hydrogens is 452 g/mol. The SMILES string of the molecule is CC(C)(C)OC(=O)N1CC=C(c2ncnc3[nH]c(-c4ccc(OCc5ccccc5)cc4)cc23)CC1. The molecule has 2 aromatic carbocycles. The summed E-state index contributed by atoms with van der Waals surface area (Å²) in [6.45, 7) is 7.25. The zero-order valence-corrected chi connectivity index (χ0v) is 20.8. The highest BCUT2D eigenvalue weighted by Crippen LogP contribution is 2.31. The Hall–Kier alpha value is -4.13. The standard InChI is InChI=1S/C29H30N4O3/c1-29(2,3)36-28(34)33-15-13-22(14-16-33)26-24-17-25(32-27(24)31-19-30-26)21-9-11-23(12-10-21)35-18-20-7-5-4-6-8-20/h4-13,17,19H,14-16,18H2,1-3H3,(H,30,31,32). The van der Waals surface area contributed by atoms with E-state index in [9.17, 15) is 4.79 Å². The first-order valence-corrected chi connectivity index (χ1v) is 12.1. The maximum atomic E-state index is 12.4. The van der Waals surface area contributed by atoms with E-state index in [1.807, 2.05) is 75.4 Å². The molecule has 1 N–H and O–H groups in total. The van der Waals surface area contributed by atoms with Crippen molar-refractivity contribution in [2.45, 2.75) is 39.4 Å². The zero-order chi connectivity index (χ0) is 25.1. The maximum absolute atomic E-state index is 12.4. The summed E-state index contributed by atoms with van der Waals surface area (Å²) in [5, 5.41) is 0.967. The lowest BCUT2D eigenvalue weighted by atomic mass is 10.0. The van der Waals surface area contributed by atoms with Gasteiger partial charge in [-0.15, -0.1) is 0 Å². The third-order valence-electron chi connectivity index (χ3n) is 6.00. The van der Waals surface area contributed by atoms with Crippen molar-refractivity contribution in [2.24, 2.45) is 0 Å². The van der Waals surface area contributed by atoms with Crippen molar-refractivity contribution in [1.29, 1.82) is 0 Å². The summed E-state index contributed by atoms with van der Waals surface area (Å²) in [5.41, 5.74) is 5.43. The van der Waals surface area contributed by atoms with Crippen molar-refractivity contribution in [2.75, 3.05) is 13.1 Å². The number of hydrogen-bond donors (Lipinski definition) is 1. The highest BCUT2D eigenvalue weighted by atomic mass is 16.6. The van der Waals surface area contributed by atoms with Crippen LogP contribution in [0.5, 0.6) is 5.75 Å². The van der Waals surface area contributed by atoms with Crippen molar-refractivity contribution in [1.82, 2.24) is 19.9 Å². The van der Waals surface area contributed by atoms with Gasteiger partial charge in [-0.1, -0.05) is 36.4 Å². The van der Waals surface area contributed by atoms with Crippen molar-refractivity contribution < 1.29 is 14.3 Å². The number of benzene rings is 2. The summed E-state index contributed by atoms with van der Waals surface area (Å²) in [4.78, 5) is 26.6. The topological polar surface area (TPSA) is 80.3 Å². The van der Waals surface area contributed by atoms with Gasteiger partial charge < -0.3 is 19.4 Å². The molecule has 0 fully saturated rings. The molecule has 5 rings (SSSR count). The summed E-state index contributed by atoms with van der Waals surface area (Å²) in [7, 11) is 0. The molecule has 1 amide bonds. The second kappa shape index (κ2) is 9.85. The van der Waals surface area contributed by atoms with Gasteiger partial charge >= 0.3 is 6.09 Å². The Morgan fingerprint density at radius 3 is 2.53 bits per heavy atom. The molecule has 0 bridgehead atoms. The largest absolute Gasteiger partial charge is 0.489 e. The quantitative estimate of drug-likeness (QED) is 0.365. The lowest BCUT2D eigenvalue weighted by Crippen LogP contribution is -2.39. The van der Waals surface area contributed by atoms with Gasteiger partial charge in [-0.2, -0.15) is 0 Å². The number of amides is 1. The van der Waals surface area contributed by atoms with E-state index in [1.165, 1.54) is 0 Å². The molecular formula is C29H30N4O3. The van der Waals surface area contributed by atoms with Gasteiger partial charge in [0.15, 0.2) is 0 Å². The Kier molecular flexibility index (Phi) is 6.46.